The maximum absolute atomic E-state index is 12.4. The standard InChI is InChI=1S/C10H12F2N2O3S/c1-6(13)9(15)14-7-4-2-3-5-8(7)18(16,17)10(11)12/h2-6,10H,13H2,1H3,(H,14,15)/t6-/m0/s1. The van der Waals surface area contributed by atoms with Gasteiger partial charge in [0.1, 0.15) is 0 Å². The van der Waals surface area contributed by atoms with Crippen LogP contribution in [0.1, 0.15) is 6.92 Å². The van der Waals surface area contributed by atoms with E-state index in [9.17, 15) is 22.0 Å². The van der Waals surface area contributed by atoms with Crippen molar-refractivity contribution in [3.8, 4) is 0 Å². The number of hydrogen-bond donors (Lipinski definition) is 2. The Bertz CT molecular complexity index is 544. The number of anilines is 1. The van der Waals surface area contributed by atoms with Crippen LogP contribution in [0, 0.1) is 0 Å². The molecule has 0 radical (unpaired) electrons. The van der Waals surface area contributed by atoms with E-state index in [-0.39, 0.29) is 5.69 Å². The van der Waals surface area contributed by atoms with Gasteiger partial charge >= 0.3 is 5.76 Å². The second-order valence-corrected chi connectivity index (χ2v) is 5.47. The van der Waals surface area contributed by atoms with E-state index >= 15 is 0 Å². The van der Waals surface area contributed by atoms with E-state index in [1.54, 1.807) is 0 Å². The number of carbonyl (C=O) groups is 1. The zero-order valence-corrected chi connectivity index (χ0v) is 10.2. The van der Waals surface area contributed by atoms with E-state index in [1.165, 1.54) is 25.1 Å². The van der Waals surface area contributed by atoms with E-state index in [1.807, 2.05) is 0 Å². The van der Waals surface area contributed by atoms with Gasteiger partial charge in [0.05, 0.1) is 16.6 Å². The van der Waals surface area contributed by atoms with E-state index in [4.69, 9.17) is 5.73 Å². The van der Waals surface area contributed by atoms with Gasteiger partial charge in [-0.05, 0) is 19.1 Å². The van der Waals surface area contributed by atoms with Crippen LogP contribution in [0.2, 0.25) is 0 Å². The lowest BCUT2D eigenvalue weighted by molar-refractivity contribution is -0.117. The van der Waals surface area contributed by atoms with Gasteiger partial charge in [0, 0.05) is 0 Å². The van der Waals surface area contributed by atoms with Crippen molar-refractivity contribution in [1.29, 1.82) is 0 Å². The molecule has 1 atom stereocenters. The van der Waals surface area contributed by atoms with Crippen LogP contribution >= 0.6 is 0 Å². The summed E-state index contributed by atoms with van der Waals surface area (Å²) in [4.78, 5) is 10.7. The number of nitrogens with two attached hydrogens (primary N) is 1. The summed E-state index contributed by atoms with van der Waals surface area (Å²) in [5.41, 5.74) is 5.08. The van der Waals surface area contributed by atoms with Crippen LogP contribution < -0.4 is 11.1 Å². The normalized spacial score (nSPS) is 13.4. The molecule has 3 N–H and O–H groups in total. The minimum atomic E-state index is -4.77. The molecule has 1 amide bonds. The van der Waals surface area contributed by atoms with E-state index in [2.05, 4.69) is 5.32 Å². The van der Waals surface area contributed by atoms with Crippen molar-refractivity contribution in [2.75, 3.05) is 5.32 Å². The maximum atomic E-state index is 12.4. The lowest BCUT2D eigenvalue weighted by atomic mass is 10.3. The van der Waals surface area contributed by atoms with Crippen molar-refractivity contribution in [1.82, 2.24) is 0 Å². The summed E-state index contributed by atoms with van der Waals surface area (Å²) in [6.07, 6.45) is 0. The van der Waals surface area contributed by atoms with Crippen molar-refractivity contribution in [2.45, 2.75) is 23.6 Å². The number of nitrogens with one attached hydrogen (secondary N) is 1. The Morgan fingerprint density at radius 2 is 1.89 bits per heavy atom. The van der Waals surface area contributed by atoms with Gasteiger partial charge in [-0.3, -0.25) is 4.79 Å². The largest absolute Gasteiger partial charge is 0.341 e. The molecule has 0 aliphatic carbocycles. The Balaban J connectivity index is 3.20. The molecule has 8 heteroatoms. The number of hydrogen-bond acceptors (Lipinski definition) is 4. The summed E-state index contributed by atoms with van der Waals surface area (Å²) in [5, 5.41) is 2.19. The summed E-state index contributed by atoms with van der Waals surface area (Å²) in [6.45, 7) is 1.39. The zero-order valence-electron chi connectivity index (χ0n) is 9.43. The molecule has 0 saturated heterocycles. The summed E-state index contributed by atoms with van der Waals surface area (Å²) in [7, 11) is -4.77. The Morgan fingerprint density at radius 3 is 2.39 bits per heavy atom. The van der Waals surface area contributed by atoms with Crippen LogP contribution in [0.15, 0.2) is 29.2 Å². The van der Waals surface area contributed by atoms with Gasteiger partial charge in [-0.2, -0.15) is 8.78 Å². The van der Waals surface area contributed by atoms with Gasteiger partial charge < -0.3 is 11.1 Å². The third-order valence-corrected chi connectivity index (χ3v) is 3.54. The first kappa shape index (κ1) is 14.5. The number of rotatable bonds is 4. The van der Waals surface area contributed by atoms with Crippen molar-refractivity contribution in [3.63, 3.8) is 0 Å². The monoisotopic (exact) mass is 278 g/mol. The third-order valence-electron chi connectivity index (χ3n) is 2.10. The smallest absolute Gasteiger partial charge is 0.324 e. The number of amides is 1. The maximum Gasteiger partial charge on any atom is 0.341 e. The first-order valence-electron chi connectivity index (χ1n) is 4.94. The van der Waals surface area contributed by atoms with Crippen LogP contribution in [-0.4, -0.2) is 26.1 Å². The van der Waals surface area contributed by atoms with Gasteiger partial charge in [0.2, 0.25) is 15.7 Å². The summed E-state index contributed by atoms with van der Waals surface area (Å²) in [6, 6.07) is 4.04. The first-order chi connectivity index (χ1) is 8.26. The quantitative estimate of drug-likeness (QED) is 0.858. The fraction of sp³-hybridized carbons (Fsp3) is 0.300. The molecule has 100 valence electrons. The molecule has 0 spiro atoms. The lowest BCUT2D eigenvalue weighted by Gasteiger charge is -2.12. The van der Waals surface area contributed by atoms with E-state index in [0.717, 1.165) is 6.07 Å². The Labute approximate surface area is 103 Å². The van der Waals surface area contributed by atoms with Gasteiger partial charge in [-0.1, -0.05) is 12.1 Å². The minimum absolute atomic E-state index is 0.208. The van der Waals surface area contributed by atoms with Crippen LogP contribution in [0.25, 0.3) is 0 Å². The molecule has 0 saturated carbocycles. The third kappa shape index (κ3) is 3.02. The van der Waals surface area contributed by atoms with Gasteiger partial charge in [-0.15, -0.1) is 0 Å². The highest BCUT2D eigenvalue weighted by molar-refractivity contribution is 7.91. The molecular weight excluding hydrogens is 266 g/mol. The molecule has 0 unspecified atom stereocenters. The number of sulfone groups is 1. The average molecular weight is 278 g/mol. The van der Waals surface area contributed by atoms with Gasteiger partial charge in [0.25, 0.3) is 0 Å². The fourth-order valence-electron chi connectivity index (χ4n) is 1.16. The summed E-state index contributed by atoms with van der Waals surface area (Å²) < 4.78 is 47.6. The number of para-hydroxylation sites is 1. The van der Waals surface area contributed by atoms with Crippen molar-refractivity contribution >= 4 is 21.4 Å². The van der Waals surface area contributed by atoms with Crippen LogP contribution in [0.5, 0.6) is 0 Å². The number of carbonyl (C=O) groups excluding carboxylic acids is 1. The SMILES string of the molecule is C[C@H](N)C(=O)Nc1ccccc1S(=O)(=O)C(F)F. The molecule has 0 aromatic heterocycles. The Kier molecular flexibility index (Phi) is 4.36. The molecule has 1 aromatic rings. The van der Waals surface area contributed by atoms with E-state index in [0.29, 0.717) is 0 Å². The van der Waals surface area contributed by atoms with E-state index < -0.39 is 32.4 Å². The highest BCUT2D eigenvalue weighted by Crippen LogP contribution is 2.25. The van der Waals surface area contributed by atoms with Crippen molar-refractivity contribution < 1.29 is 22.0 Å². The molecule has 5 nitrogen and oxygen atoms in total. The molecular formula is C10H12F2N2O3S. The molecule has 0 bridgehead atoms. The van der Waals surface area contributed by atoms with Crippen LogP contribution in [-0.2, 0) is 14.6 Å². The average Bonchev–Trinajstić information content (AvgIpc) is 2.29. The molecule has 0 aliphatic heterocycles. The van der Waals surface area contributed by atoms with Crippen LogP contribution in [0.3, 0.4) is 0 Å². The number of benzene rings is 1. The molecule has 1 rings (SSSR count). The fourth-order valence-corrected chi connectivity index (χ4v) is 2.05. The molecule has 0 heterocycles. The number of alkyl halides is 2. The minimum Gasteiger partial charge on any atom is -0.324 e. The summed E-state index contributed by atoms with van der Waals surface area (Å²) in [5.74, 6) is -4.21. The van der Waals surface area contributed by atoms with Crippen molar-refractivity contribution in [2.24, 2.45) is 5.73 Å². The predicted molar refractivity (Wildman–Crippen MR) is 61.9 cm³/mol. The number of halogens is 2. The highest BCUT2D eigenvalue weighted by atomic mass is 32.2. The topological polar surface area (TPSA) is 89.3 Å². The second kappa shape index (κ2) is 5.40. The summed E-state index contributed by atoms with van der Waals surface area (Å²) >= 11 is 0. The molecule has 0 aliphatic rings. The predicted octanol–water partition coefficient (Wildman–Crippen LogP) is 0.969. The first-order valence-corrected chi connectivity index (χ1v) is 6.49. The Morgan fingerprint density at radius 1 is 1.33 bits per heavy atom. The van der Waals surface area contributed by atoms with Crippen LogP contribution in [0.4, 0.5) is 14.5 Å². The zero-order chi connectivity index (χ0) is 13.9. The lowest BCUT2D eigenvalue weighted by Crippen LogP contribution is -2.33. The van der Waals surface area contributed by atoms with Crippen molar-refractivity contribution in [3.05, 3.63) is 24.3 Å². The molecule has 1 aromatic carbocycles. The molecule has 18 heavy (non-hydrogen) atoms. The Hall–Kier alpha value is -1.54. The van der Waals surface area contributed by atoms with Gasteiger partial charge in [-0.25, -0.2) is 8.42 Å². The van der Waals surface area contributed by atoms with Gasteiger partial charge in [0.15, 0.2) is 0 Å². The highest BCUT2D eigenvalue weighted by Gasteiger charge is 2.29. The molecule has 0 fully saturated rings. The second-order valence-electron chi connectivity index (χ2n) is 3.58.